The number of nitrogens with one attached hydrogen (secondary N) is 1. The standard InChI is InChI=1S/C15H25NO5/c1-4-9-6-10(11(7-9)14(18)19)13(17)16-12(15(20)21)5-8(2)3/h8-12H,4-7H2,1-3H3,(H,16,17)(H,18,19)(H,20,21). The van der Waals surface area contributed by atoms with Gasteiger partial charge in [0.05, 0.1) is 11.8 Å². The van der Waals surface area contributed by atoms with E-state index in [0.717, 1.165) is 6.42 Å². The summed E-state index contributed by atoms with van der Waals surface area (Å²) < 4.78 is 0. The van der Waals surface area contributed by atoms with Gasteiger partial charge in [-0.3, -0.25) is 9.59 Å². The summed E-state index contributed by atoms with van der Waals surface area (Å²) in [5.41, 5.74) is 0. The summed E-state index contributed by atoms with van der Waals surface area (Å²) in [6, 6.07) is -0.951. The predicted molar refractivity (Wildman–Crippen MR) is 76.7 cm³/mol. The molecular formula is C15H25NO5. The molecule has 1 rings (SSSR count). The second kappa shape index (κ2) is 7.43. The summed E-state index contributed by atoms with van der Waals surface area (Å²) in [5, 5.41) is 20.9. The molecule has 4 unspecified atom stereocenters. The van der Waals surface area contributed by atoms with Crippen molar-refractivity contribution in [3.63, 3.8) is 0 Å². The average Bonchev–Trinajstić information content (AvgIpc) is 2.81. The number of carboxylic acids is 2. The quantitative estimate of drug-likeness (QED) is 0.664. The molecular weight excluding hydrogens is 274 g/mol. The lowest BCUT2D eigenvalue weighted by Crippen LogP contribution is -2.45. The van der Waals surface area contributed by atoms with E-state index in [1.165, 1.54) is 0 Å². The molecule has 0 spiro atoms. The van der Waals surface area contributed by atoms with Gasteiger partial charge in [0.2, 0.25) is 5.91 Å². The zero-order chi connectivity index (χ0) is 16.2. The van der Waals surface area contributed by atoms with Gasteiger partial charge >= 0.3 is 11.9 Å². The fraction of sp³-hybridized carbons (Fsp3) is 0.800. The number of hydrogen-bond acceptors (Lipinski definition) is 3. The first-order valence-electron chi connectivity index (χ1n) is 7.52. The Morgan fingerprint density at radius 2 is 1.71 bits per heavy atom. The maximum absolute atomic E-state index is 12.3. The van der Waals surface area contributed by atoms with Gasteiger partial charge < -0.3 is 15.5 Å². The highest BCUT2D eigenvalue weighted by Crippen LogP contribution is 2.38. The number of hydrogen-bond donors (Lipinski definition) is 3. The highest BCUT2D eigenvalue weighted by atomic mass is 16.4. The molecule has 0 bridgehead atoms. The minimum absolute atomic E-state index is 0.133. The van der Waals surface area contributed by atoms with Crippen LogP contribution in [-0.2, 0) is 14.4 Å². The molecule has 6 heteroatoms. The molecule has 1 aliphatic carbocycles. The third-order valence-corrected chi connectivity index (χ3v) is 4.21. The highest BCUT2D eigenvalue weighted by Gasteiger charge is 2.42. The van der Waals surface area contributed by atoms with Crippen LogP contribution in [0.2, 0.25) is 0 Å². The van der Waals surface area contributed by atoms with E-state index in [1.807, 2.05) is 20.8 Å². The molecule has 1 amide bonds. The largest absolute Gasteiger partial charge is 0.481 e. The molecule has 0 aromatic heterocycles. The van der Waals surface area contributed by atoms with E-state index in [4.69, 9.17) is 5.11 Å². The second-order valence-electron chi connectivity index (χ2n) is 6.33. The molecule has 0 aromatic rings. The monoisotopic (exact) mass is 299 g/mol. The summed E-state index contributed by atoms with van der Waals surface area (Å²) in [4.78, 5) is 34.7. The first kappa shape index (κ1) is 17.5. The Morgan fingerprint density at radius 1 is 1.14 bits per heavy atom. The van der Waals surface area contributed by atoms with Crippen LogP contribution in [0.4, 0.5) is 0 Å². The molecule has 1 saturated carbocycles. The van der Waals surface area contributed by atoms with Crippen molar-refractivity contribution in [1.29, 1.82) is 0 Å². The summed E-state index contributed by atoms with van der Waals surface area (Å²) in [5.74, 6) is -3.46. The van der Waals surface area contributed by atoms with Crippen LogP contribution < -0.4 is 5.32 Å². The van der Waals surface area contributed by atoms with Crippen LogP contribution in [0.5, 0.6) is 0 Å². The third-order valence-electron chi connectivity index (χ3n) is 4.21. The Morgan fingerprint density at radius 3 is 2.14 bits per heavy atom. The maximum atomic E-state index is 12.3. The minimum atomic E-state index is -1.08. The van der Waals surface area contributed by atoms with Crippen molar-refractivity contribution in [2.24, 2.45) is 23.7 Å². The lowest BCUT2D eigenvalue weighted by Gasteiger charge is -2.21. The van der Waals surface area contributed by atoms with Crippen molar-refractivity contribution in [3.8, 4) is 0 Å². The highest BCUT2D eigenvalue weighted by molar-refractivity contribution is 5.88. The van der Waals surface area contributed by atoms with E-state index in [9.17, 15) is 19.5 Å². The van der Waals surface area contributed by atoms with Crippen LogP contribution in [0.25, 0.3) is 0 Å². The molecule has 3 N–H and O–H groups in total. The van der Waals surface area contributed by atoms with Crippen LogP contribution in [-0.4, -0.2) is 34.1 Å². The van der Waals surface area contributed by atoms with E-state index < -0.39 is 35.7 Å². The van der Waals surface area contributed by atoms with E-state index in [0.29, 0.717) is 19.3 Å². The molecule has 0 saturated heterocycles. The lowest BCUT2D eigenvalue weighted by molar-refractivity contribution is -0.147. The maximum Gasteiger partial charge on any atom is 0.326 e. The number of aliphatic carboxylic acids is 2. The van der Waals surface area contributed by atoms with Crippen molar-refractivity contribution >= 4 is 17.8 Å². The molecule has 120 valence electrons. The number of amides is 1. The van der Waals surface area contributed by atoms with Gasteiger partial charge in [0, 0.05) is 0 Å². The van der Waals surface area contributed by atoms with Crippen LogP contribution in [0.1, 0.15) is 46.5 Å². The minimum Gasteiger partial charge on any atom is -0.481 e. The summed E-state index contributed by atoms with van der Waals surface area (Å²) in [7, 11) is 0. The van der Waals surface area contributed by atoms with Crippen molar-refractivity contribution in [1.82, 2.24) is 5.32 Å². The number of carboxylic acid groups (broad SMARTS) is 2. The normalized spacial score (nSPS) is 26.6. The molecule has 0 heterocycles. The summed E-state index contributed by atoms with van der Waals surface area (Å²) in [6.07, 6.45) is 2.18. The molecule has 4 atom stereocenters. The molecule has 6 nitrogen and oxygen atoms in total. The van der Waals surface area contributed by atoms with Gasteiger partial charge in [-0.25, -0.2) is 4.79 Å². The fourth-order valence-corrected chi connectivity index (χ4v) is 3.01. The Hall–Kier alpha value is -1.59. The Bertz CT molecular complexity index is 407. The van der Waals surface area contributed by atoms with E-state index in [1.54, 1.807) is 0 Å². The second-order valence-corrected chi connectivity index (χ2v) is 6.33. The molecule has 0 radical (unpaired) electrons. The van der Waals surface area contributed by atoms with Crippen LogP contribution in [0.15, 0.2) is 0 Å². The number of carbonyl (C=O) groups is 3. The predicted octanol–water partition coefficient (Wildman–Crippen LogP) is 1.74. The Balaban J connectivity index is 2.75. The van der Waals surface area contributed by atoms with Gasteiger partial charge in [-0.15, -0.1) is 0 Å². The molecule has 0 aliphatic heterocycles. The number of carbonyl (C=O) groups excluding carboxylic acids is 1. The molecule has 1 aliphatic rings. The van der Waals surface area contributed by atoms with Gasteiger partial charge in [0.25, 0.3) is 0 Å². The van der Waals surface area contributed by atoms with E-state index >= 15 is 0 Å². The zero-order valence-electron chi connectivity index (χ0n) is 12.8. The average molecular weight is 299 g/mol. The van der Waals surface area contributed by atoms with E-state index in [2.05, 4.69) is 5.32 Å². The van der Waals surface area contributed by atoms with Crippen LogP contribution in [0.3, 0.4) is 0 Å². The van der Waals surface area contributed by atoms with Gasteiger partial charge in [0.1, 0.15) is 6.04 Å². The fourth-order valence-electron chi connectivity index (χ4n) is 3.01. The molecule has 1 fully saturated rings. The number of rotatable bonds is 7. The van der Waals surface area contributed by atoms with Gasteiger partial charge in [-0.1, -0.05) is 27.2 Å². The van der Waals surface area contributed by atoms with Crippen LogP contribution in [0, 0.1) is 23.7 Å². The lowest BCUT2D eigenvalue weighted by atomic mass is 9.94. The van der Waals surface area contributed by atoms with Crippen molar-refractivity contribution in [2.45, 2.75) is 52.5 Å². The van der Waals surface area contributed by atoms with Gasteiger partial charge in [0.15, 0.2) is 0 Å². The van der Waals surface area contributed by atoms with E-state index in [-0.39, 0.29) is 11.8 Å². The first-order chi connectivity index (χ1) is 9.76. The molecule has 0 aromatic carbocycles. The SMILES string of the molecule is CCC1CC(C(=O)O)C(C(=O)NC(CC(C)C)C(=O)O)C1. The van der Waals surface area contributed by atoms with Crippen LogP contribution >= 0.6 is 0 Å². The molecule has 21 heavy (non-hydrogen) atoms. The van der Waals surface area contributed by atoms with Crippen molar-refractivity contribution < 1.29 is 24.6 Å². The van der Waals surface area contributed by atoms with Crippen molar-refractivity contribution in [2.75, 3.05) is 0 Å². The Labute approximate surface area is 124 Å². The van der Waals surface area contributed by atoms with Crippen molar-refractivity contribution in [3.05, 3.63) is 0 Å². The summed E-state index contributed by atoms with van der Waals surface area (Å²) >= 11 is 0. The smallest absolute Gasteiger partial charge is 0.326 e. The third kappa shape index (κ3) is 4.72. The summed E-state index contributed by atoms with van der Waals surface area (Å²) in [6.45, 7) is 5.73. The zero-order valence-corrected chi connectivity index (χ0v) is 12.8. The first-order valence-corrected chi connectivity index (χ1v) is 7.52. The van der Waals surface area contributed by atoms with Gasteiger partial charge in [-0.05, 0) is 31.1 Å². The Kier molecular flexibility index (Phi) is 6.18. The topological polar surface area (TPSA) is 104 Å². The van der Waals surface area contributed by atoms with Gasteiger partial charge in [-0.2, -0.15) is 0 Å².